The second kappa shape index (κ2) is 5.71. The van der Waals surface area contributed by atoms with E-state index in [0.29, 0.717) is 0 Å². The van der Waals surface area contributed by atoms with Gasteiger partial charge in [0.25, 0.3) is 0 Å². The van der Waals surface area contributed by atoms with Crippen molar-refractivity contribution in [3.63, 3.8) is 0 Å². The van der Waals surface area contributed by atoms with Crippen molar-refractivity contribution >= 4 is 35.4 Å². The summed E-state index contributed by atoms with van der Waals surface area (Å²) in [5.74, 6) is 0. The molecule has 0 aliphatic carbocycles. The Morgan fingerprint density at radius 3 is 2.00 bits per heavy atom. The highest BCUT2D eigenvalue weighted by Crippen LogP contribution is 1.91. The van der Waals surface area contributed by atoms with E-state index in [1.807, 2.05) is 0 Å². The third kappa shape index (κ3) is 5.38. The van der Waals surface area contributed by atoms with Crippen LogP contribution in [0.5, 0.6) is 0 Å². The highest BCUT2D eigenvalue weighted by molar-refractivity contribution is 6.05. The third-order valence-corrected chi connectivity index (χ3v) is 0.978. The van der Waals surface area contributed by atoms with Crippen LogP contribution < -0.4 is 0 Å². The van der Waals surface area contributed by atoms with Crippen molar-refractivity contribution in [2.75, 3.05) is 0 Å². The van der Waals surface area contributed by atoms with Crippen molar-refractivity contribution in [3.05, 3.63) is 0 Å². The molecular formula is C4H4O8Si. The van der Waals surface area contributed by atoms with Crippen LogP contribution in [-0.2, 0) is 23.4 Å². The summed E-state index contributed by atoms with van der Waals surface area (Å²) in [4.78, 5) is 40.3. The lowest BCUT2D eigenvalue weighted by Gasteiger charge is -1.99. The Hall–Kier alpha value is -1.90. The molecule has 0 aliphatic rings. The second-order valence-electron chi connectivity index (χ2n) is 1.37. The molecule has 0 bridgehead atoms. The Balaban J connectivity index is 3.80. The van der Waals surface area contributed by atoms with Crippen LogP contribution in [0, 0.1) is 0 Å². The van der Waals surface area contributed by atoms with Crippen LogP contribution in [0.3, 0.4) is 0 Å². The summed E-state index contributed by atoms with van der Waals surface area (Å²) in [6.07, 6.45) is -4.52. The number of ether oxygens (including phenoxy) is 3. The zero-order valence-electron chi connectivity index (χ0n) is 6.34. The van der Waals surface area contributed by atoms with Gasteiger partial charge in [0.2, 0.25) is 10.5 Å². The van der Waals surface area contributed by atoms with E-state index >= 15 is 0 Å². The molecule has 8 nitrogen and oxygen atoms in total. The smallest absolute Gasteiger partial charge is 0.498 e. The largest absolute Gasteiger partial charge is 0.528 e. The van der Waals surface area contributed by atoms with Crippen molar-refractivity contribution in [2.45, 2.75) is 0 Å². The fraction of sp³-hybridized carbons (Fsp3) is 0. The van der Waals surface area contributed by atoms with Crippen LogP contribution in [0.4, 0.5) is 14.4 Å². The van der Waals surface area contributed by atoms with Crippen molar-refractivity contribution in [1.29, 1.82) is 0 Å². The predicted molar refractivity (Wildman–Crippen MR) is 36.5 cm³/mol. The average Bonchev–Trinajstić information content (AvgIpc) is 2.04. The number of hydrogen-bond donors (Lipinski definition) is 0. The van der Waals surface area contributed by atoms with E-state index in [-0.39, 0.29) is 17.0 Å². The van der Waals surface area contributed by atoms with Gasteiger partial charge >= 0.3 is 24.9 Å². The minimum Gasteiger partial charge on any atom is -0.498 e. The van der Waals surface area contributed by atoms with Gasteiger partial charge in [0.05, 0.1) is 0 Å². The Morgan fingerprint density at radius 1 is 1.00 bits per heavy atom. The van der Waals surface area contributed by atoms with Crippen molar-refractivity contribution in [1.82, 2.24) is 0 Å². The van der Waals surface area contributed by atoms with Crippen molar-refractivity contribution in [2.24, 2.45) is 0 Å². The monoisotopic (exact) mass is 208 g/mol. The first-order chi connectivity index (χ1) is 6.10. The lowest BCUT2D eigenvalue weighted by molar-refractivity contribution is -0.124. The van der Waals surface area contributed by atoms with Gasteiger partial charge in [-0.05, 0) is 0 Å². The standard InChI is InChI=1S/C4H4O8Si/c5-1-9-2(6)10-3(7)11-4(8)12-13/h1H,13H3. The van der Waals surface area contributed by atoms with Gasteiger partial charge in [-0.3, -0.25) is 4.79 Å². The molecule has 0 atom stereocenters. The molecule has 0 aliphatic heterocycles. The maximum absolute atomic E-state index is 10.4. The minimum atomic E-state index is -1.63. The molecule has 0 aromatic heterocycles. The Kier molecular flexibility index (Phi) is 4.87. The zero-order valence-corrected chi connectivity index (χ0v) is 8.34. The van der Waals surface area contributed by atoms with Crippen LogP contribution in [-0.4, -0.2) is 35.4 Å². The summed E-state index contributed by atoms with van der Waals surface area (Å²) in [6, 6.07) is 0. The SMILES string of the molecule is O=COC(=O)OC(=O)OC(=O)O[SiH3]. The lowest BCUT2D eigenvalue weighted by atomic mass is 11.2. The van der Waals surface area contributed by atoms with E-state index in [9.17, 15) is 19.2 Å². The fourth-order valence-corrected chi connectivity index (χ4v) is 0.345. The normalized spacial score (nSPS) is 8.31. The van der Waals surface area contributed by atoms with Crippen LogP contribution in [0.15, 0.2) is 0 Å². The Labute approximate surface area is 74.2 Å². The van der Waals surface area contributed by atoms with Gasteiger partial charge in [0, 0.05) is 0 Å². The van der Waals surface area contributed by atoms with E-state index in [1.54, 1.807) is 0 Å². The molecule has 13 heavy (non-hydrogen) atoms. The predicted octanol–water partition coefficient (Wildman–Crippen LogP) is -1.15. The summed E-state index contributed by atoms with van der Waals surface area (Å²) in [6.45, 7) is -0.249. The molecule has 0 heterocycles. The first-order valence-corrected chi connectivity index (χ1v) is 3.53. The Morgan fingerprint density at radius 2 is 1.54 bits per heavy atom. The summed E-state index contributed by atoms with van der Waals surface area (Å²) in [5.41, 5.74) is 0. The molecular weight excluding hydrogens is 204 g/mol. The third-order valence-electron chi connectivity index (χ3n) is 0.644. The molecule has 72 valence electrons. The van der Waals surface area contributed by atoms with Gasteiger partial charge in [-0.1, -0.05) is 0 Å². The van der Waals surface area contributed by atoms with Crippen molar-refractivity contribution < 1.29 is 37.8 Å². The van der Waals surface area contributed by atoms with Gasteiger partial charge in [0.15, 0.2) is 0 Å². The number of rotatable bonds is 1. The molecule has 0 N–H and O–H groups in total. The van der Waals surface area contributed by atoms with E-state index in [1.165, 1.54) is 0 Å². The first-order valence-electron chi connectivity index (χ1n) is 2.72. The molecule has 0 unspecified atom stereocenters. The average molecular weight is 208 g/mol. The van der Waals surface area contributed by atoms with E-state index in [4.69, 9.17) is 0 Å². The molecule has 0 saturated carbocycles. The van der Waals surface area contributed by atoms with E-state index in [2.05, 4.69) is 18.6 Å². The van der Waals surface area contributed by atoms with Gasteiger partial charge in [-0.15, -0.1) is 0 Å². The maximum atomic E-state index is 10.4. The maximum Gasteiger partial charge on any atom is 0.528 e. The topological polar surface area (TPSA) is 105 Å². The number of hydrogen-bond acceptors (Lipinski definition) is 8. The van der Waals surface area contributed by atoms with Crippen LogP contribution in [0.25, 0.3) is 0 Å². The van der Waals surface area contributed by atoms with Crippen LogP contribution in [0.2, 0.25) is 0 Å². The molecule has 0 rings (SSSR count). The number of carbonyl (C=O) groups is 4. The quantitative estimate of drug-likeness (QED) is 0.230. The molecule has 0 aromatic rings. The van der Waals surface area contributed by atoms with E-state index in [0.717, 1.165) is 0 Å². The molecule has 0 radical (unpaired) electrons. The molecule has 0 saturated heterocycles. The fourth-order valence-electron chi connectivity index (χ4n) is 0.262. The molecule has 0 amide bonds. The van der Waals surface area contributed by atoms with E-state index < -0.39 is 18.5 Å². The van der Waals surface area contributed by atoms with Crippen molar-refractivity contribution in [3.8, 4) is 0 Å². The highest BCUT2D eigenvalue weighted by Gasteiger charge is 2.16. The zero-order chi connectivity index (χ0) is 10.3. The highest BCUT2D eigenvalue weighted by atomic mass is 28.2. The van der Waals surface area contributed by atoms with Crippen LogP contribution >= 0.6 is 0 Å². The summed E-state index contributed by atoms with van der Waals surface area (Å²) in [7, 11) is 0.0240. The van der Waals surface area contributed by atoms with Gasteiger partial charge < -0.3 is 18.6 Å². The van der Waals surface area contributed by atoms with Crippen LogP contribution in [0.1, 0.15) is 0 Å². The van der Waals surface area contributed by atoms with Gasteiger partial charge in [-0.25, -0.2) is 14.4 Å². The summed E-state index contributed by atoms with van der Waals surface area (Å²) >= 11 is 0. The number of carbonyl (C=O) groups excluding carboxylic acids is 4. The molecule has 0 fully saturated rings. The van der Waals surface area contributed by atoms with Gasteiger partial charge in [-0.2, -0.15) is 0 Å². The first kappa shape index (κ1) is 11.1. The molecule has 0 aromatic carbocycles. The summed E-state index contributed by atoms with van der Waals surface area (Å²) < 4.78 is 14.9. The molecule has 0 spiro atoms. The minimum absolute atomic E-state index is 0.0240. The molecule has 9 heteroatoms. The lowest BCUT2D eigenvalue weighted by Crippen LogP contribution is -2.18. The second-order valence-corrected chi connectivity index (χ2v) is 1.78. The summed E-state index contributed by atoms with van der Waals surface area (Å²) in [5, 5.41) is 0. The van der Waals surface area contributed by atoms with Gasteiger partial charge in [0.1, 0.15) is 0 Å². The Bertz CT molecular complexity index is 234.